The van der Waals surface area contributed by atoms with Crippen molar-refractivity contribution in [3.63, 3.8) is 0 Å². The molecule has 1 saturated carbocycles. The average molecular weight is 238 g/mol. The summed E-state index contributed by atoms with van der Waals surface area (Å²) in [4.78, 5) is 17.7. The van der Waals surface area contributed by atoms with Crippen molar-refractivity contribution in [2.45, 2.75) is 38.3 Å². The number of hydrogen-bond donors (Lipinski definition) is 1. The standard InChI is InChI=1S/C11H18N4O2/c16-7-6-15(10-2-1-3-10)11(17)4-5-14-9-12-8-13-14/h8-10,16H,1-7H2. The Hall–Kier alpha value is -1.43. The van der Waals surface area contributed by atoms with Crippen molar-refractivity contribution in [1.82, 2.24) is 19.7 Å². The van der Waals surface area contributed by atoms with Gasteiger partial charge in [0.1, 0.15) is 12.7 Å². The molecule has 6 heteroatoms. The maximum absolute atomic E-state index is 12.0. The smallest absolute Gasteiger partial charge is 0.224 e. The first-order valence-electron chi connectivity index (χ1n) is 6.04. The van der Waals surface area contributed by atoms with Gasteiger partial charge < -0.3 is 10.0 Å². The van der Waals surface area contributed by atoms with E-state index in [0.29, 0.717) is 25.6 Å². The van der Waals surface area contributed by atoms with Gasteiger partial charge in [-0.2, -0.15) is 5.10 Å². The Morgan fingerprint density at radius 3 is 2.88 bits per heavy atom. The molecule has 0 saturated heterocycles. The van der Waals surface area contributed by atoms with Gasteiger partial charge in [0.15, 0.2) is 0 Å². The monoisotopic (exact) mass is 238 g/mol. The number of aliphatic hydroxyl groups excluding tert-OH is 1. The minimum Gasteiger partial charge on any atom is -0.395 e. The minimum atomic E-state index is 0.0333. The van der Waals surface area contributed by atoms with Crippen molar-refractivity contribution >= 4 is 5.91 Å². The van der Waals surface area contributed by atoms with E-state index < -0.39 is 0 Å². The fourth-order valence-electron chi connectivity index (χ4n) is 2.02. The molecule has 0 bridgehead atoms. The van der Waals surface area contributed by atoms with Crippen LogP contribution in [0.5, 0.6) is 0 Å². The van der Waals surface area contributed by atoms with Crippen molar-refractivity contribution in [2.75, 3.05) is 13.2 Å². The molecule has 0 aromatic carbocycles. The van der Waals surface area contributed by atoms with Crippen molar-refractivity contribution in [3.05, 3.63) is 12.7 Å². The van der Waals surface area contributed by atoms with Gasteiger partial charge in [0.2, 0.25) is 5.91 Å². The van der Waals surface area contributed by atoms with Gasteiger partial charge in [-0.05, 0) is 19.3 Å². The molecule has 1 aromatic rings. The van der Waals surface area contributed by atoms with Gasteiger partial charge in [-0.1, -0.05) is 0 Å². The number of nitrogens with zero attached hydrogens (tertiary/aromatic N) is 4. The minimum absolute atomic E-state index is 0.0333. The van der Waals surface area contributed by atoms with Crippen molar-refractivity contribution in [2.24, 2.45) is 0 Å². The third kappa shape index (κ3) is 3.03. The van der Waals surface area contributed by atoms with Gasteiger partial charge in [-0.3, -0.25) is 9.48 Å². The van der Waals surface area contributed by atoms with Crippen molar-refractivity contribution in [3.8, 4) is 0 Å². The SMILES string of the molecule is O=C(CCn1cncn1)N(CCO)C1CCC1. The van der Waals surface area contributed by atoms with E-state index in [1.54, 1.807) is 15.9 Å². The highest BCUT2D eigenvalue weighted by atomic mass is 16.3. The predicted molar refractivity (Wildman–Crippen MR) is 61.1 cm³/mol. The fourth-order valence-corrected chi connectivity index (χ4v) is 2.02. The van der Waals surface area contributed by atoms with E-state index in [0.717, 1.165) is 12.8 Å². The highest BCUT2D eigenvalue weighted by Gasteiger charge is 2.27. The summed E-state index contributed by atoms with van der Waals surface area (Å²) >= 11 is 0. The van der Waals surface area contributed by atoms with Crippen LogP contribution in [0.4, 0.5) is 0 Å². The molecule has 0 radical (unpaired) electrons. The molecule has 0 aliphatic heterocycles. The molecule has 1 amide bonds. The van der Waals surface area contributed by atoms with Crippen LogP contribution >= 0.6 is 0 Å². The Morgan fingerprint density at radius 2 is 2.35 bits per heavy atom. The lowest BCUT2D eigenvalue weighted by atomic mass is 9.91. The summed E-state index contributed by atoms with van der Waals surface area (Å²) in [6.45, 7) is 1.03. The Labute approximate surface area is 100 Å². The number of amides is 1. The van der Waals surface area contributed by atoms with Gasteiger partial charge in [-0.15, -0.1) is 0 Å². The summed E-state index contributed by atoms with van der Waals surface area (Å²) in [5.74, 6) is 0.0965. The van der Waals surface area contributed by atoms with Crippen LogP contribution in [0.1, 0.15) is 25.7 Å². The van der Waals surface area contributed by atoms with Crippen molar-refractivity contribution < 1.29 is 9.90 Å². The number of rotatable bonds is 6. The third-order valence-electron chi connectivity index (χ3n) is 3.20. The highest BCUT2D eigenvalue weighted by Crippen LogP contribution is 2.25. The van der Waals surface area contributed by atoms with Gasteiger partial charge >= 0.3 is 0 Å². The molecule has 17 heavy (non-hydrogen) atoms. The lowest BCUT2D eigenvalue weighted by Gasteiger charge is -2.37. The summed E-state index contributed by atoms with van der Waals surface area (Å²) in [6, 6.07) is 0.338. The van der Waals surface area contributed by atoms with E-state index in [1.807, 2.05) is 0 Å². The number of aliphatic hydroxyl groups is 1. The van der Waals surface area contributed by atoms with Gasteiger partial charge in [-0.25, -0.2) is 4.98 Å². The number of hydrogen-bond acceptors (Lipinski definition) is 4. The molecule has 1 aliphatic carbocycles. The van der Waals surface area contributed by atoms with Crippen LogP contribution in [0, 0.1) is 0 Å². The van der Waals surface area contributed by atoms with Crippen LogP contribution in [-0.2, 0) is 11.3 Å². The Bertz CT molecular complexity index is 348. The maximum Gasteiger partial charge on any atom is 0.224 e. The van der Waals surface area contributed by atoms with Crippen LogP contribution in [0.2, 0.25) is 0 Å². The Balaban J connectivity index is 1.83. The largest absolute Gasteiger partial charge is 0.395 e. The zero-order valence-corrected chi connectivity index (χ0v) is 9.83. The first kappa shape index (κ1) is 12.0. The average Bonchev–Trinajstić information content (AvgIpc) is 2.75. The lowest BCUT2D eigenvalue weighted by Crippen LogP contribution is -2.45. The van der Waals surface area contributed by atoms with Crippen LogP contribution in [0.25, 0.3) is 0 Å². The van der Waals surface area contributed by atoms with Gasteiger partial charge in [0, 0.05) is 19.0 Å². The number of carbonyl (C=O) groups excluding carboxylic acids is 1. The second-order valence-corrected chi connectivity index (χ2v) is 4.30. The molecule has 6 nitrogen and oxygen atoms in total. The molecule has 1 fully saturated rings. The number of carbonyl (C=O) groups is 1. The molecule has 94 valence electrons. The van der Waals surface area contributed by atoms with E-state index in [1.165, 1.54) is 12.7 Å². The summed E-state index contributed by atoms with van der Waals surface area (Å²) < 4.78 is 1.65. The highest BCUT2D eigenvalue weighted by molar-refractivity contribution is 5.76. The second-order valence-electron chi connectivity index (χ2n) is 4.30. The Morgan fingerprint density at radius 1 is 1.53 bits per heavy atom. The molecule has 0 spiro atoms. The molecule has 0 atom stereocenters. The fraction of sp³-hybridized carbons (Fsp3) is 0.727. The first-order valence-corrected chi connectivity index (χ1v) is 6.04. The summed E-state index contributed by atoms with van der Waals surface area (Å²) in [7, 11) is 0. The number of aromatic nitrogens is 3. The molecular formula is C11H18N4O2. The van der Waals surface area contributed by atoms with Gasteiger partial charge in [0.25, 0.3) is 0 Å². The normalized spacial score (nSPS) is 15.6. The van der Waals surface area contributed by atoms with Crippen molar-refractivity contribution in [1.29, 1.82) is 0 Å². The molecule has 2 rings (SSSR count). The quantitative estimate of drug-likeness (QED) is 0.759. The van der Waals surface area contributed by atoms with E-state index in [4.69, 9.17) is 5.11 Å². The first-order chi connectivity index (χ1) is 8.31. The summed E-state index contributed by atoms with van der Waals surface area (Å²) in [5, 5.41) is 12.9. The molecule has 1 heterocycles. The van der Waals surface area contributed by atoms with Crippen LogP contribution in [0.3, 0.4) is 0 Å². The second kappa shape index (κ2) is 5.77. The molecular weight excluding hydrogens is 220 g/mol. The van der Waals surface area contributed by atoms with E-state index in [9.17, 15) is 4.79 Å². The lowest BCUT2D eigenvalue weighted by molar-refractivity contribution is -0.136. The predicted octanol–water partition coefficient (Wildman–Crippen LogP) is 0.0416. The topological polar surface area (TPSA) is 71.2 Å². The molecule has 1 aromatic heterocycles. The molecule has 1 aliphatic rings. The maximum atomic E-state index is 12.0. The van der Waals surface area contributed by atoms with Crippen LogP contribution < -0.4 is 0 Å². The zero-order chi connectivity index (χ0) is 12.1. The molecule has 1 N–H and O–H groups in total. The number of aryl methyl sites for hydroxylation is 1. The summed E-state index contributed by atoms with van der Waals surface area (Å²) in [5.41, 5.74) is 0. The zero-order valence-electron chi connectivity index (χ0n) is 9.83. The van der Waals surface area contributed by atoms with Crippen LogP contribution in [-0.4, -0.2) is 49.9 Å². The van der Waals surface area contributed by atoms with E-state index >= 15 is 0 Å². The summed E-state index contributed by atoms with van der Waals surface area (Å²) in [6.07, 6.45) is 6.79. The van der Waals surface area contributed by atoms with Crippen LogP contribution in [0.15, 0.2) is 12.7 Å². The molecule has 0 unspecified atom stereocenters. The Kier molecular flexibility index (Phi) is 4.08. The third-order valence-corrected chi connectivity index (χ3v) is 3.20. The van der Waals surface area contributed by atoms with E-state index in [-0.39, 0.29) is 12.5 Å². The van der Waals surface area contributed by atoms with E-state index in [2.05, 4.69) is 10.1 Å². The van der Waals surface area contributed by atoms with Gasteiger partial charge in [0.05, 0.1) is 13.2 Å².